The average molecular weight is 339 g/mol. The summed E-state index contributed by atoms with van der Waals surface area (Å²) in [5.74, 6) is 1.75. The van der Waals surface area contributed by atoms with E-state index in [2.05, 4.69) is 15.3 Å². The van der Waals surface area contributed by atoms with Crippen molar-refractivity contribution in [2.24, 2.45) is 0 Å². The standard InChI is InChI=1S/C17H13N3O3S/c1-10-3-2-6-18-15(10)20-16(21)14-8-19-17(24-14)11-4-5-12-13(7-11)23-9-22-12/h2-8H,9H2,1H3,(H,18,20,21). The van der Waals surface area contributed by atoms with Crippen LogP contribution in [-0.2, 0) is 0 Å². The molecule has 1 aromatic carbocycles. The number of thiazole rings is 1. The first-order chi connectivity index (χ1) is 11.7. The number of pyridine rings is 1. The van der Waals surface area contributed by atoms with E-state index in [-0.39, 0.29) is 12.7 Å². The van der Waals surface area contributed by atoms with Gasteiger partial charge in [0, 0.05) is 11.8 Å². The first-order valence-corrected chi connectivity index (χ1v) is 8.11. The molecule has 0 atom stereocenters. The van der Waals surface area contributed by atoms with Gasteiger partial charge in [-0.3, -0.25) is 4.79 Å². The van der Waals surface area contributed by atoms with E-state index in [0.717, 1.165) is 21.9 Å². The van der Waals surface area contributed by atoms with Crippen LogP contribution >= 0.6 is 11.3 Å². The molecule has 3 heterocycles. The lowest BCUT2D eigenvalue weighted by Crippen LogP contribution is -2.12. The molecule has 0 radical (unpaired) electrons. The highest BCUT2D eigenvalue weighted by Gasteiger charge is 2.17. The average Bonchev–Trinajstić information content (AvgIpc) is 3.25. The summed E-state index contributed by atoms with van der Waals surface area (Å²) in [6, 6.07) is 9.33. The summed E-state index contributed by atoms with van der Waals surface area (Å²) in [7, 11) is 0. The molecule has 0 fully saturated rings. The van der Waals surface area contributed by atoms with Crippen molar-refractivity contribution >= 4 is 23.1 Å². The van der Waals surface area contributed by atoms with Gasteiger partial charge in [0.1, 0.15) is 15.7 Å². The molecule has 2 aromatic heterocycles. The highest BCUT2D eigenvalue weighted by atomic mass is 32.1. The van der Waals surface area contributed by atoms with Crippen LogP contribution in [0.1, 0.15) is 15.2 Å². The van der Waals surface area contributed by atoms with E-state index in [9.17, 15) is 4.79 Å². The highest BCUT2D eigenvalue weighted by Crippen LogP contribution is 2.37. The molecule has 0 spiro atoms. The third-order valence-corrected chi connectivity index (χ3v) is 4.64. The lowest BCUT2D eigenvalue weighted by molar-refractivity contribution is 0.103. The molecule has 0 unspecified atom stereocenters. The molecule has 4 rings (SSSR count). The molecular formula is C17H13N3O3S. The Morgan fingerprint density at radius 1 is 1.21 bits per heavy atom. The first kappa shape index (κ1) is 14.6. The number of nitrogens with one attached hydrogen (secondary N) is 1. The minimum absolute atomic E-state index is 0.221. The predicted molar refractivity (Wildman–Crippen MR) is 90.6 cm³/mol. The Labute approximate surface area is 142 Å². The summed E-state index contributed by atoms with van der Waals surface area (Å²) in [6.45, 7) is 2.13. The largest absolute Gasteiger partial charge is 0.454 e. The predicted octanol–water partition coefficient (Wildman–Crippen LogP) is 3.49. The van der Waals surface area contributed by atoms with Gasteiger partial charge in [0.2, 0.25) is 6.79 Å². The lowest BCUT2D eigenvalue weighted by Gasteiger charge is -2.04. The van der Waals surface area contributed by atoms with Crippen molar-refractivity contribution in [3.8, 4) is 22.1 Å². The molecular weight excluding hydrogens is 326 g/mol. The fourth-order valence-corrected chi connectivity index (χ4v) is 3.14. The van der Waals surface area contributed by atoms with Crippen LogP contribution in [0.3, 0.4) is 0 Å². The van der Waals surface area contributed by atoms with Crippen molar-refractivity contribution in [2.45, 2.75) is 6.92 Å². The second-order valence-corrected chi connectivity index (χ2v) is 6.25. The smallest absolute Gasteiger partial charge is 0.268 e. The number of fused-ring (bicyclic) bond motifs is 1. The Kier molecular flexibility index (Phi) is 3.62. The number of amides is 1. The molecule has 0 saturated carbocycles. The number of anilines is 1. The number of carbonyl (C=O) groups is 1. The van der Waals surface area contributed by atoms with Gasteiger partial charge in [-0.05, 0) is 36.8 Å². The van der Waals surface area contributed by atoms with Crippen LogP contribution in [0, 0.1) is 6.92 Å². The number of rotatable bonds is 3. The molecule has 7 heteroatoms. The number of benzene rings is 1. The van der Waals surface area contributed by atoms with Crippen LogP contribution in [0.5, 0.6) is 11.5 Å². The van der Waals surface area contributed by atoms with Crippen molar-refractivity contribution in [3.63, 3.8) is 0 Å². The van der Waals surface area contributed by atoms with E-state index in [1.165, 1.54) is 11.3 Å². The van der Waals surface area contributed by atoms with Crippen LogP contribution in [0.4, 0.5) is 5.82 Å². The number of aryl methyl sites for hydroxylation is 1. The number of aromatic nitrogens is 2. The zero-order valence-electron chi connectivity index (χ0n) is 12.8. The summed E-state index contributed by atoms with van der Waals surface area (Å²) < 4.78 is 10.7. The van der Waals surface area contributed by atoms with E-state index in [4.69, 9.17) is 9.47 Å². The maximum atomic E-state index is 12.4. The molecule has 24 heavy (non-hydrogen) atoms. The normalized spacial score (nSPS) is 12.2. The first-order valence-electron chi connectivity index (χ1n) is 7.29. The number of hydrogen-bond acceptors (Lipinski definition) is 6. The molecule has 0 saturated heterocycles. The van der Waals surface area contributed by atoms with Crippen LogP contribution < -0.4 is 14.8 Å². The van der Waals surface area contributed by atoms with Gasteiger partial charge in [-0.15, -0.1) is 11.3 Å². The Bertz CT molecular complexity index is 923. The fourth-order valence-electron chi connectivity index (χ4n) is 2.33. The minimum Gasteiger partial charge on any atom is -0.454 e. The van der Waals surface area contributed by atoms with E-state index < -0.39 is 0 Å². The number of nitrogens with zero attached hydrogens (tertiary/aromatic N) is 2. The summed E-state index contributed by atoms with van der Waals surface area (Å²) in [4.78, 5) is 21.4. The maximum absolute atomic E-state index is 12.4. The highest BCUT2D eigenvalue weighted by molar-refractivity contribution is 7.17. The van der Waals surface area contributed by atoms with Gasteiger partial charge in [-0.2, -0.15) is 0 Å². The molecule has 120 valence electrons. The lowest BCUT2D eigenvalue weighted by atomic mass is 10.2. The van der Waals surface area contributed by atoms with E-state index in [1.54, 1.807) is 12.4 Å². The summed E-state index contributed by atoms with van der Waals surface area (Å²) >= 11 is 1.32. The summed E-state index contributed by atoms with van der Waals surface area (Å²) in [5, 5.41) is 3.56. The quantitative estimate of drug-likeness (QED) is 0.791. The Balaban J connectivity index is 1.56. The molecule has 0 bridgehead atoms. The van der Waals surface area contributed by atoms with Crippen molar-refractivity contribution < 1.29 is 14.3 Å². The molecule has 0 aliphatic carbocycles. The molecule has 1 N–H and O–H groups in total. The van der Waals surface area contributed by atoms with Gasteiger partial charge in [0.15, 0.2) is 11.5 Å². The molecule has 1 aliphatic heterocycles. The topological polar surface area (TPSA) is 73.3 Å². The van der Waals surface area contributed by atoms with Crippen LogP contribution in [-0.4, -0.2) is 22.7 Å². The van der Waals surface area contributed by atoms with Crippen LogP contribution in [0.25, 0.3) is 10.6 Å². The Morgan fingerprint density at radius 2 is 2.08 bits per heavy atom. The van der Waals surface area contributed by atoms with Gasteiger partial charge < -0.3 is 14.8 Å². The third kappa shape index (κ3) is 2.69. The van der Waals surface area contributed by atoms with Crippen molar-refractivity contribution in [1.29, 1.82) is 0 Å². The van der Waals surface area contributed by atoms with Crippen LogP contribution in [0.2, 0.25) is 0 Å². The minimum atomic E-state index is -0.221. The van der Waals surface area contributed by atoms with Gasteiger partial charge >= 0.3 is 0 Å². The third-order valence-electron chi connectivity index (χ3n) is 3.59. The zero-order chi connectivity index (χ0) is 16.5. The van der Waals surface area contributed by atoms with Crippen molar-refractivity contribution in [1.82, 2.24) is 9.97 Å². The van der Waals surface area contributed by atoms with E-state index >= 15 is 0 Å². The monoisotopic (exact) mass is 339 g/mol. The SMILES string of the molecule is Cc1cccnc1NC(=O)c1cnc(-c2ccc3c(c2)OCO3)s1. The Morgan fingerprint density at radius 3 is 2.96 bits per heavy atom. The van der Waals surface area contributed by atoms with Crippen molar-refractivity contribution in [2.75, 3.05) is 12.1 Å². The summed E-state index contributed by atoms with van der Waals surface area (Å²) in [6.07, 6.45) is 3.21. The second-order valence-electron chi connectivity index (χ2n) is 5.22. The van der Waals surface area contributed by atoms with Gasteiger partial charge in [-0.1, -0.05) is 6.07 Å². The van der Waals surface area contributed by atoms with Gasteiger partial charge in [0.25, 0.3) is 5.91 Å². The number of ether oxygens (including phenoxy) is 2. The Hall–Kier alpha value is -2.93. The van der Waals surface area contributed by atoms with E-state index in [1.807, 2.05) is 37.3 Å². The van der Waals surface area contributed by atoms with E-state index in [0.29, 0.717) is 16.4 Å². The molecule has 3 aromatic rings. The molecule has 6 nitrogen and oxygen atoms in total. The molecule has 1 amide bonds. The van der Waals surface area contributed by atoms with Gasteiger partial charge in [-0.25, -0.2) is 9.97 Å². The zero-order valence-corrected chi connectivity index (χ0v) is 13.6. The van der Waals surface area contributed by atoms with Crippen LogP contribution in [0.15, 0.2) is 42.7 Å². The number of hydrogen-bond donors (Lipinski definition) is 1. The number of carbonyl (C=O) groups excluding carboxylic acids is 1. The molecule has 1 aliphatic rings. The van der Waals surface area contributed by atoms with Crippen molar-refractivity contribution in [3.05, 3.63) is 53.2 Å². The fraction of sp³-hybridized carbons (Fsp3) is 0.118. The maximum Gasteiger partial charge on any atom is 0.268 e. The second kappa shape index (κ2) is 5.93. The van der Waals surface area contributed by atoms with Gasteiger partial charge in [0.05, 0.1) is 6.20 Å². The summed E-state index contributed by atoms with van der Waals surface area (Å²) in [5.41, 5.74) is 1.80.